The second-order valence-electron chi connectivity index (χ2n) is 8.07. The summed E-state index contributed by atoms with van der Waals surface area (Å²) in [7, 11) is 0. The number of aromatic carboxylic acids is 1. The molecule has 2 aromatic carbocycles. The lowest BCUT2D eigenvalue weighted by atomic mass is 9.96. The number of aromatic nitrogens is 1. The van der Waals surface area contributed by atoms with Crippen LogP contribution in [0.1, 0.15) is 57.7 Å². The van der Waals surface area contributed by atoms with E-state index in [0.717, 1.165) is 12.1 Å². The van der Waals surface area contributed by atoms with Crippen molar-refractivity contribution in [2.24, 2.45) is 0 Å². The maximum atomic E-state index is 14.0. The number of rotatable bonds is 6. The van der Waals surface area contributed by atoms with E-state index in [4.69, 9.17) is 4.74 Å². The Morgan fingerprint density at radius 2 is 1.79 bits per heavy atom. The number of hydrogen-bond donors (Lipinski definition) is 1. The van der Waals surface area contributed by atoms with Crippen LogP contribution in [0.3, 0.4) is 0 Å². The highest BCUT2D eigenvalue weighted by Gasteiger charge is 2.32. The molecule has 1 aliphatic carbocycles. The Hall–Kier alpha value is -3.68. The molecule has 1 aliphatic rings. The molecule has 1 heterocycles. The smallest absolute Gasteiger partial charge is 0.416 e. The van der Waals surface area contributed by atoms with Crippen molar-refractivity contribution in [2.75, 3.05) is 0 Å². The molecule has 4 rings (SSSR count). The number of carboxylic acids is 1. The van der Waals surface area contributed by atoms with E-state index in [1.165, 1.54) is 18.2 Å². The Bertz CT molecular complexity index is 1280. The van der Waals surface area contributed by atoms with Gasteiger partial charge in [0.1, 0.15) is 18.2 Å². The zero-order chi connectivity index (χ0) is 24.5. The molecule has 0 saturated carbocycles. The van der Waals surface area contributed by atoms with Crippen LogP contribution in [0.5, 0.6) is 5.75 Å². The van der Waals surface area contributed by atoms with Gasteiger partial charge < -0.3 is 9.84 Å². The van der Waals surface area contributed by atoms with Crippen LogP contribution in [-0.4, -0.2) is 16.1 Å². The van der Waals surface area contributed by atoms with Crippen molar-refractivity contribution in [1.29, 1.82) is 0 Å². The number of halogens is 4. The summed E-state index contributed by atoms with van der Waals surface area (Å²) < 4.78 is 60.4. The summed E-state index contributed by atoms with van der Waals surface area (Å²) in [5, 5.41) is 9.43. The third-order valence-corrected chi connectivity index (χ3v) is 5.80. The summed E-state index contributed by atoms with van der Waals surface area (Å²) in [5.74, 6) is -1.45. The molecule has 0 amide bonds. The predicted molar refractivity (Wildman–Crippen MR) is 119 cm³/mol. The second-order valence-corrected chi connectivity index (χ2v) is 8.07. The first-order chi connectivity index (χ1) is 16.1. The van der Waals surface area contributed by atoms with Crippen LogP contribution in [-0.2, 0) is 12.8 Å². The van der Waals surface area contributed by atoms with Gasteiger partial charge in [-0.25, -0.2) is 14.2 Å². The number of aryl methyl sites for hydroxylation is 1. The Morgan fingerprint density at radius 1 is 1.06 bits per heavy atom. The summed E-state index contributed by atoms with van der Waals surface area (Å²) in [6, 6.07) is 12.5. The minimum absolute atomic E-state index is 0.101. The summed E-state index contributed by atoms with van der Waals surface area (Å²) in [4.78, 5) is 15.8. The topological polar surface area (TPSA) is 59.4 Å². The van der Waals surface area contributed by atoms with Crippen LogP contribution in [0, 0.1) is 12.7 Å². The number of allylic oxidation sites excluding steroid dienone is 2. The predicted octanol–water partition coefficient (Wildman–Crippen LogP) is 6.92. The zero-order valence-electron chi connectivity index (χ0n) is 18.2. The Kier molecular flexibility index (Phi) is 6.41. The fourth-order valence-corrected chi connectivity index (χ4v) is 4.08. The lowest BCUT2D eigenvalue weighted by molar-refractivity contribution is -0.137. The van der Waals surface area contributed by atoms with Crippen molar-refractivity contribution < 1.29 is 32.2 Å². The molecule has 3 aromatic rings. The minimum Gasteiger partial charge on any atom is -0.488 e. The summed E-state index contributed by atoms with van der Waals surface area (Å²) in [5.41, 5.74) is 1.79. The standard InChI is InChI=1S/C26H21F4NO3/c1-15-9-11-22(31-24(15)25(32)33)19-7-4-6-18(19)20-13-17(26(28,29)30)10-12-23(20)34-14-16-5-2-3-8-21(16)27/h2-3,5,8-13H,4,6-7,14H2,1H3,(H,32,33). The highest BCUT2D eigenvalue weighted by Crippen LogP contribution is 2.44. The first kappa shape index (κ1) is 23.5. The summed E-state index contributed by atoms with van der Waals surface area (Å²) in [6.45, 7) is 1.48. The van der Waals surface area contributed by atoms with Gasteiger partial charge in [-0.15, -0.1) is 0 Å². The average molecular weight is 471 g/mol. The highest BCUT2D eigenvalue weighted by atomic mass is 19.4. The molecule has 0 unspecified atom stereocenters. The first-order valence-corrected chi connectivity index (χ1v) is 10.7. The summed E-state index contributed by atoms with van der Waals surface area (Å²) >= 11 is 0. The van der Waals surface area contributed by atoms with Gasteiger partial charge in [-0.3, -0.25) is 0 Å². The van der Waals surface area contributed by atoms with Crippen LogP contribution in [0.25, 0.3) is 11.1 Å². The van der Waals surface area contributed by atoms with E-state index in [-0.39, 0.29) is 29.2 Å². The third kappa shape index (κ3) is 4.81. The molecule has 0 aliphatic heterocycles. The van der Waals surface area contributed by atoms with Crippen molar-refractivity contribution in [1.82, 2.24) is 4.98 Å². The largest absolute Gasteiger partial charge is 0.488 e. The lowest BCUT2D eigenvalue weighted by Gasteiger charge is -2.17. The van der Waals surface area contributed by atoms with E-state index in [0.29, 0.717) is 41.7 Å². The molecule has 0 atom stereocenters. The van der Waals surface area contributed by atoms with Gasteiger partial charge in [0, 0.05) is 11.1 Å². The molecule has 0 spiro atoms. The fourth-order valence-electron chi connectivity index (χ4n) is 4.08. The molecule has 34 heavy (non-hydrogen) atoms. The Labute approximate surface area is 193 Å². The van der Waals surface area contributed by atoms with Crippen LogP contribution in [0.4, 0.5) is 17.6 Å². The van der Waals surface area contributed by atoms with E-state index in [2.05, 4.69) is 4.98 Å². The van der Waals surface area contributed by atoms with E-state index < -0.39 is 23.5 Å². The normalized spacial score (nSPS) is 13.9. The number of pyridine rings is 1. The SMILES string of the molecule is Cc1ccc(C2=C(c3cc(C(F)(F)F)ccc3OCc3ccccc3F)CCC2)nc1C(=O)O. The third-order valence-electron chi connectivity index (χ3n) is 5.80. The van der Waals surface area contributed by atoms with Gasteiger partial charge in [0.05, 0.1) is 11.3 Å². The molecule has 0 saturated heterocycles. The maximum Gasteiger partial charge on any atom is 0.416 e. The lowest BCUT2D eigenvalue weighted by Crippen LogP contribution is -2.08. The van der Waals surface area contributed by atoms with Crippen LogP contribution >= 0.6 is 0 Å². The number of alkyl halides is 3. The van der Waals surface area contributed by atoms with E-state index in [1.807, 2.05) is 0 Å². The number of ether oxygens (including phenoxy) is 1. The second kappa shape index (κ2) is 9.29. The highest BCUT2D eigenvalue weighted by molar-refractivity contribution is 5.95. The van der Waals surface area contributed by atoms with Crippen molar-refractivity contribution in [3.63, 3.8) is 0 Å². The van der Waals surface area contributed by atoms with Gasteiger partial charge in [0.25, 0.3) is 0 Å². The summed E-state index contributed by atoms with van der Waals surface area (Å²) in [6.07, 6.45) is -2.87. The van der Waals surface area contributed by atoms with Crippen molar-refractivity contribution in [2.45, 2.75) is 39.0 Å². The number of hydrogen-bond acceptors (Lipinski definition) is 3. The quantitative estimate of drug-likeness (QED) is 0.397. The van der Waals surface area contributed by atoms with Crippen LogP contribution in [0.2, 0.25) is 0 Å². The molecule has 176 valence electrons. The maximum absolute atomic E-state index is 14.0. The van der Waals surface area contributed by atoms with E-state index >= 15 is 0 Å². The molecule has 1 N–H and O–H groups in total. The molecule has 0 bridgehead atoms. The van der Waals surface area contributed by atoms with Gasteiger partial charge in [-0.05, 0) is 73.2 Å². The first-order valence-electron chi connectivity index (χ1n) is 10.7. The number of nitrogens with zero attached hydrogens (tertiary/aromatic N) is 1. The van der Waals surface area contributed by atoms with Crippen LogP contribution < -0.4 is 4.74 Å². The molecule has 1 aromatic heterocycles. The van der Waals surface area contributed by atoms with Crippen molar-refractivity contribution in [3.8, 4) is 5.75 Å². The molecule has 0 radical (unpaired) electrons. The van der Waals surface area contributed by atoms with E-state index in [9.17, 15) is 27.5 Å². The number of carboxylic acid groups (broad SMARTS) is 1. The molecule has 0 fully saturated rings. The molecule has 8 heteroatoms. The number of benzene rings is 2. The van der Waals surface area contributed by atoms with Gasteiger partial charge in [0.2, 0.25) is 0 Å². The average Bonchev–Trinajstić information content (AvgIpc) is 3.27. The van der Waals surface area contributed by atoms with Crippen molar-refractivity contribution in [3.05, 3.63) is 94.1 Å². The van der Waals surface area contributed by atoms with Crippen molar-refractivity contribution >= 4 is 17.1 Å². The monoisotopic (exact) mass is 471 g/mol. The minimum atomic E-state index is -4.56. The van der Waals surface area contributed by atoms with E-state index in [1.54, 1.807) is 31.2 Å². The van der Waals surface area contributed by atoms with Gasteiger partial charge in [-0.2, -0.15) is 13.2 Å². The molecular formula is C26H21F4NO3. The molecular weight excluding hydrogens is 450 g/mol. The van der Waals surface area contributed by atoms with Gasteiger partial charge >= 0.3 is 12.1 Å². The molecule has 4 nitrogen and oxygen atoms in total. The number of carbonyl (C=O) groups is 1. The van der Waals surface area contributed by atoms with Gasteiger partial charge in [0.15, 0.2) is 5.69 Å². The van der Waals surface area contributed by atoms with Crippen LogP contribution in [0.15, 0.2) is 54.6 Å². The fraction of sp³-hybridized carbons (Fsp3) is 0.231. The zero-order valence-corrected chi connectivity index (χ0v) is 18.2. The van der Waals surface area contributed by atoms with Gasteiger partial charge in [-0.1, -0.05) is 24.3 Å². The Morgan fingerprint density at radius 3 is 2.50 bits per heavy atom. The Balaban J connectivity index is 1.81.